The van der Waals surface area contributed by atoms with E-state index in [0.29, 0.717) is 0 Å². The zero-order valence-corrected chi connectivity index (χ0v) is 8.84. The standard InChI is InChI=1S/C9H21NO3/c1-11-7-5-4-6-10-8-9(12-2)13-3/h9-10H,4-8H2,1-3H3. The van der Waals surface area contributed by atoms with Crippen LogP contribution in [-0.2, 0) is 14.2 Å². The average Bonchev–Trinajstić information content (AvgIpc) is 2.17. The van der Waals surface area contributed by atoms with Gasteiger partial charge in [0, 0.05) is 34.5 Å². The van der Waals surface area contributed by atoms with Gasteiger partial charge >= 0.3 is 0 Å². The summed E-state index contributed by atoms with van der Waals surface area (Å²) in [5.41, 5.74) is 0. The highest BCUT2D eigenvalue weighted by Gasteiger charge is 2.02. The van der Waals surface area contributed by atoms with Crippen LogP contribution < -0.4 is 5.32 Å². The molecular weight excluding hydrogens is 170 g/mol. The molecule has 4 heteroatoms. The highest BCUT2D eigenvalue weighted by Crippen LogP contribution is 1.90. The van der Waals surface area contributed by atoms with E-state index in [1.54, 1.807) is 21.3 Å². The van der Waals surface area contributed by atoms with Gasteiger partial charge in [0.25, 0.3) is 0 Å². The quantitative estimate of drug-likeness (QED) is 0.428. The molecule has 0 fully saturated rings. The SMILES string of the molecule is COCCCCNCC(OC)OC. The molecule has 80 valence electrons. The number of rotatable bonds is 9. The molecule has 0 aromatic rings. The molecule has 0 heterocycles. The van der Waals surface area contributed by atoms with E-state index in [4.69, 9.17) is 14.2 Å². The van der Waals surface area contributed by atoms with Crippen molar-refractivity contribution in [3.05, 3.63) is 0 Å². The van der Waals surface area contributed by atoms with Crippen LogP contribution in [-0.4, -0.2) is 47.3 Å². The zero-order chi connectivity index (χ0) is 9.94. The second-order valence-electron chi connectivity index (χ2n) is 2.80. The Morgan fingerprint density at radius 1 is 1.08 bits per heavy atom. The Bertz CT molecular complexity index is 96.9. The molecule has 13 heavy (non-hydrogen) atoms. The van der Waals surface area contributed by atoms with E-state index in [0.717, 1.165) is 32.5 Å². The second kappa shape index (κ2) is 9.92. The fourth-order valence-corrected chi connectivity index (χ4v) is 0.979. The molecule has 0 aromatic heterocycles. The Morgan fingerprint density at radius 2 is 1.77 bits per heavy atom. The lowest BCUT2D eigenvalue weighted by atomic mass is 10.3. The van der Waals surface area contributed by atoms with Crippen molar-refractivity contribution in [2.24, 2.45) is 0 Å². The number of hydrogen-bond acceptors (Lipinski definition) is 4. The maximum absolute atomic E-state index is 5.02. The summed E-state index contributed by atoms with van der Waals surface area (Å²) in [4.78, 5) is 0. The highest BCUT2D eigenvalue weighted by atomic mass is 16.7. The summed E-state index contributed by atoms with van der Waals surface area (Å²) >= 11 is 0. The van der Waals surface area contributed by atoms with E-state index in [1.807, 2.05) is 0 Å². The van der Waals surface area contributed by atoms with E-state index in [9.17, 15) is 0 Å². The van der Waals surface area contributed by atoms with E-state index in [2.05, 4.69) is 5.32 Å². The number of hydrogen-bond donors (Lipinski definition) is 1. The predicted molar refractivity (Wildman–Crippen MR) is 51.8 cm³/mol. The van der Waals surface area contributed by atoms with E-state index in [-0.39, 0.29) is 6.29 Å². The minimum Gasteiger partial charge on any atom is -0.385 e. The van der Waals surface area contributed by atoms with Crippen LogP contribution in [0.1, 0.15) is 12.8 Å². The maximum atomic E-state index is 5.02. The molecule has 0 aromatic carbocycles. The van der Waals surface area contributed by atoms with Crippen LogP contribution in [0.3, 0.4) is 0 Å². The van der Waals surface area contributed by atoms with Gasteiger partial charge < -0.3 is 19.5 Å². The summed E-state index contributed by atoms with van der Waals surface area (Å²) in [5.74, 6) is 0. The summed E-state index contributed by atoms with van der Waals surface area (Å²) in [6.07, 6.45) is 2.07. The number of ether oxygens (including phenoxy) is 3. The van der Waals surface area contributed by atoms with Crippen molar-refractivity contribution in [2.45, 2.75) is 19.1 Å². The van der Waals surface area contributed by atoms with Crippen molar-refractivity contribution in [1.29, 1.82) is 0 Å². The van der Waals surface area contributed by atoms with Crippen LogP contribution in [0.15, 0.2) is 0 Å². The Balaban J connectivity index is 3.05. The summed E-state index contributed by atoms with van der Waals surface area (Å²) < 4.78 is 15.0. The smallest absolute Gasteiger partial charge is 0.169 e. The normalized spacial score (nSPS) is 11.1. The van der Waals surface area contributed by atoms with Gasteiger partial charge in [0.1, 0.15) is 0 Å². The van der Waals surface area contributed by atoms with Crippen LogP contribution in [0.25, 0.3) is 0 Å². The molecule has 0 aliphatic heterocycles. The van der Waals surface area contributed by atoms with Gasteiger partial charge in [-0.2, -0.15) is 0 Å². The van der Waals surface area contributed by atoms with Crippen molar-refractivity contribution < 1.29 is 14.2 Å². The van der Waals surface area contributed by atoms with Crippen LogP contribution in [0.5, 0.6) is 0 Å². The van der Waals surface area contributed by atoms with Gasteiger partial charge in [-0.25, -0.2) is 0 Å². The first-order valence-corrected chi connectivity index (χ1v) is 4.60. The van der Waals surface area contributed by atoms with Crippen molar-refractivity contribution in [3.63, 3.8) is 0 Å². The molecule has 0 unspecified atom stereocenters. The zero-order valence-electron chi connectivity index (χ0n) is 8.84. The minimum absolute atomic E-state index is 0.137. The molecule has 4 nitrogen and oxygen atoms in total. The van der Waals surface area contributed by atoms with Crippen molar-refractivity contribution in [1.82, 2.24) is 5.32 Å². The molecule has 0 rings (SSSR count). The number of methoxy groups -OCH3 is 3. The van der Waals surface area contributed by atoms with Gasteiger partial charge in [-0.15, -0.1) is 0 Å². The molecule has 0 amide bonds. The van der Waals surface area contributed by atoms with Gasteiger partial charge in [-0.3, -0.25) is 0 Å². The number of nitrogens with one attached hydrogen (secondary N) is 1. The van der Waals surface area contributed by atoms with Crippen LogP contribution in [0, 0.1) is 0 Å². The van der Waals surface area contributed by atoms with Crippen LogP contribution in [0.4, 0.5) is 0 Å². The van der Waals surface area contributed by atoms with Gasteiger partial charge in [-0.1, -0.05) is 0 Å². The highest BCUT2D eigenvalue weighted by molar-refractivity contribution is 4.51. The Morgan fingerprint density at radius 3 is 2.31 bits per heavy atom. The summed E-state index contributed by atoms with van der Waals surface area (Å²) in [5, 5.41) is 3.24. The van der Waals surface area contributed by atoms with E-state index >= 15 is 0 Å². The summed E-state index contributed by atoms with van der Waals surface area (Å²) in [7, 11) is 5.00. The number of unbranched alkanes of at least 4 members (excludes halogenated alkanes) is 1. The van der Waals surface area contributed by atoms with E-state index < -0.39 is 0 Å². The molecule has 0 aliphatic rings. The van der Waals surface area contributed by atoms with Gasteiger partial charge in [-0.05, 0) is 19.4 Å². The van der Waals surface area contributed by atoms with E-state index in [1.165, 1.54) is 0 Å². The summed E-state index contributed by atoms with van der Waals surface area (Å²) in [6, 6.07) is 0. The van der Waals surface area contributed by atoms with Crippen LogP contribution in [0.2, 0.25) is 0 Å². The van der Waals surface area contributed by atoms with Crippen molar-refractivity contribution >= 4 is 0 Å². The first-order chi connectivity index (χ1) is 6.35. The lowest BCUT2D eigenvalue weighted by Gasteiger charge is -2.13. The molecule has 0 atom stereocenters. The third kappa shape index (κ3) is 8.18. The predicted octanol–water partition coefficient (Wildman–Crippen LogP) is 0.622. The first kappa shape index (κ1) is 12.8. The molecule has 0 spiro atoms. The Hall–Kier alpha value is -0.160. The topological polar surface area (TPSA) is 39.7 Å². The van der Waals surface area contributed by atoms with Crippen molar-refractivity contribution in [3.8, 4) is 0 Å². The third-order valence-corrected chi connectivity index (χ3v) is 1.79. The Labute approximate surface area is 80.5 Å². The Kier molecular flexibility index (Phi) is 9.80. The summed E-state index contributed by atoms with van der Waals surface area (Å²) in [6.45, 7) is 2.55. The van der Waals surface area contributed by atoms with Gasteiger partial charge in [0.15, 0.2) is 6.29 Å². The fourth-order valence-electron chi connectivity index (χ4n) is 0.979. The van der Waals surface area contributed by atoms with Crippen molar-refractivity contribution in [2.75, 3.05) is 41.0 Å². The molecule has 0 radical (unpaired) electrons. The largest absolute Gasteiger partial charge is 0.385 e. The van der Waals surface area contributed by atoms with Gasteiger partial charge in [0.05, 0.1) is 0 Å². The lowest BCUT2D eigenvalue weighted by molar-refractivity contribution is -0.0986. The molecular formula is C9H21NO3. The van der Waals surface area contributed by atoms with Gasteiger partial charge in [0.2, 0.25) is 0 Å². The molecule has 0 saturated carbocycles. The molecule has 0 saturated heterocycles. The molecule has 0 bridgehead atoms. The van der Waals surface area contributed by atoms with Crippen LogP contribution >= 0.6 is 0 Å². The lowest BCUT2D eigenvalue weighted by Crippen LogP contribution is -2.30. The first-order valence-electron chi connectivity index (χ1n) is 4.60. The fraction of sp³-hybridized carbons (Fsp3) is 1.00. The average molecular weight is 191 g/mol. The monoisotopic (exact) mass is 191 g/mol. The third-order valence-electron chi connectivity index (χ3n) is 1.79. The minimum atomic E-state index is -0.137. The maximum Gasteiger partial charge on any atom is 0.169 e. The molecule has 1 N–H and O–H groups in total. The second-order valence-corrected chi connectivity index (χ2v) is 2.80. The molecule has 0 aliphatic carbocycles.